The lowest BCUT2D eigenvalue weighted by molar-refractivity contribution is -0.154. The normalized spacial score (nSPS) is 20.4. The molecule has 30 heavy (non-hydrogen) atoms. The number of rotatable bonds is 5. The molecule has 1 fully saturated rings. The van der Waals surface area contributed by atoms with Crippen molar-refractivity contribution in [1.29, 1.82) is 0 Å². The number of hydrogen-bond acceptors (Lipinski definition) is 5. The number of amides is 3. The van der Waals surface area contributed by atoms with E-state index >= 15 is 0 Å². The van der Waals surface area contributed by atoms with Gasteiger partial charge in [-0.3, -0.25) is 19.2 Å². The van der Waals surface area contributed by atoms with Gasteiger partial charge in [0.05, 0.1) is 27.3 Å². The standard InChI is InChI=1S/C21H16Cl2N2O4S/c22-12-7-8-15(16(23)10-12)19(27)24(11-17(26)18-6-3-9-30-18)25-20(28)13-4-1-2-5-14(13)21(25)29/h1-3,6-10,13-14H,4-5,11H2/t13-,14+. The predicted molar refractivity (Wildman–Crippen MR) is 113 cm³/mol. The average molecular weight is 463 g/mol. The van der Waals surface area contributed by atoms with Gasteiger partial charge in [0.2, 0.25) is 0 Å². The first-order valence-electron chi connectivity index (χ1n) is 9.25. The van der Waals surface area contributed by atoms with Crippen LogP contribution < -0.4 is 0 Å². The molecule has 2 aliphatic rings. The third-order valence-electron chi connectivity index (χ3n) is 5.21. The second-order valence-electron chi connectivity index (χ2n) is 7.03. The number of hydrogen-bond donors (Lipinski definition) is 0. The summed E-state index contributed by atoms with van der Waals surface area (Å²) >= 11 is 13.3. The van der Waals surface area contributed by atoms with Crippen LogP contribution in [0.25, 0.3) is 0 Å². The summed E-state index contributed by atoms with van der Waals surface area (Å²) < 4.78 is 0. The topological polar surface area (TPSA) is 74.8 Å². The number of hydrazine groups is 1. The van der Waals surface area contributed by atoms with Crippen molar-refractivity contribution < 1.29 is 19.2 Å². The Labute approximate surface area is 186 Å². The average Bonchev–Trinajstić information content (AvgIpc) is 3.34. The van der Waals surface area contributed by atoms with Crippen LogP contribution in [0, 0.1) is 11.8 Å². The molecule has 0 N–H and O–H groups in total. The number of halogens is 2. The summed E-state index contributed by atoms with van der Waals surface area (Å²) in [5, 5.41) is 3.89. The molecular weight excluding hydrogens is 447 g/mol. The molecule has 1 aliphatic carbocycles. The van der Waals surface area contributed by atoms with Gasteiger partial charge in [0.25, 0.3) is 17.7 Å². The molecule has 0 spiro atoms. The molecule has 2 heterocycles. The van der Waals surface area contributed by atoms with Crippen LogP contribution in [0.5, 0.6) is 0 Å². The Morgan fingerprint density at radius 2 is 1.73 bits per heavy atom. The molecule has 1 aromatic heterocycles. The van der Waals surface area contributed by atoms with E-state index in [9.17, 15) is 19.2 Å². The van der Waals surface area contributed by atoms with Crippen molar-refractivity contribution in [3.63, 3.8) is 0 Å². The van der Waals surface area contributed by atoms with Crippen LogP contribution >= 0.6 is 34.5 Å². The summed E-state index contributed by atoms with van der Waals surface area (Å²) in [7, 11) is 0. The number of ketones is 1. The minimum Gasteiger partial charge on any atom is -0.291 e. The van der Waals surface area contributed by atoms with Crippen molar-refractivity contribution in [2.45, 2.75) is 12.8 Å². The minimum absolute atomic E-state index is 0.0497. The first-order valence-corrected chi connectivity index (χ1v) is 10.9. The van der Waals surface area contributed by atoms with Gasteiger partial charge in [0, 0.05) is 5.02 Å². The third kappa shape index (κ3) is 3.69. The maximum Gasteiger partial charge on any atom is 0.274 e. The molecule has 9 heteroatoms. The summed E-state index contributed by atoms with van der Waals surface area (Å²) in [6.07, 6.45) is 4.56. The zero-order chi connectivity index (χ0) is 21.4. The van der Waals surface area contributed by atoms with Crippen LogP contribution in [-0.2, 0) is 9.59 Å². The zero-order valence-electron chi connectivity index (χ0n) is 15.6. The third-order valence-corrected chi connectivity index (χ3v) is 6.67. The van der Waals surface area contributed by atoms with E-state index in [1.807, 2.05) is 12.2 Å². The van der Waals surface area contributed by atoms with Crippen molar-refractivity contribution in [2.24, 2.45) is 11.8 Å². The molecule has 0 bridgehead atoms. The first-order chi connectivity index (χ1) is 14.4. The van der Waals surface area contributed by atoms with Crippen molar-refractivity contribution in [2.75, 3.05) is 6.54 Å². The van der Waals surface area contributed by atoms with Crippen LogP contribution in [-0.4, -0.2) is 40.1 Å². The van der Waals surface area contributed by atoms with Crippen LogP contribution in [0.15, 0.2) is 47.9 Å². The minimum atomic E-state index is -0.713. The summed E-state index contributed by atoms with van der Waals surface area (Å²) in [6, 6.07) is 7.63. The Bertz CT molecular complexity index is 1040. The van der Waals surface area contributed by atoms with Crippen LogP contribution in [0.3, 0.4) is 0 Å². The van der Waals surface area contributed by atoms with E-state index in [1.165, 1.54) is 29.5 Å². The number of allylic oxidation sites excluding steroid dienone is 2. The number of carbonyl (C=O) groups excluding carboxylic acids is 4. The Balaban J connectivity index is 1.72. The lowest BCUT2D eigenvalue weighted by Crippen LogP contribution is -2.52. The number of thiophene rings is 1. The molecule has 2 aromatic rings. The lowest BCUT2D eigenvalue weighted by atomic mass is 9.85. The lowest BCUT2D eigenvalue weighted by Gasteiger charge is -2.30. The Morgan fingerprint density at radius 1 is 1.07 bits per heavy atom. The molecule has 0 radical (unpaired) electrons. The molecule has 0 unspecified atom stereocenters. The van der Waals surface area contributed by atoms with Crippen LogP contribution in [0.1, 0.15) is 32.9 Å². The number of imide groups is 1. The van der Waals surface area contributed by atoms with Gasteiger partial charge in [-0.15, -0.1) is 11.3 Å². The first kappa shape index (κ1) is 20.8. The van der Waals surface area contributed by atoms with Gasteiger partial charge >= 0.3 is 0 Å². The molecule has 3 amide bonds. The Kier molecular flexibility index (Phi) is 5.77. The maximum absolute atomic E-state index is 13.4. The second-order valence-corrected chi connectivity index (χ2v) is 8.82. The molecule has 1 aromatic carbocycles. The summed E-state index contributed by atoms with van der Waals surface area (Å²) in [4.78, 5) is 52.7. The van der Waals surface area contributed by atoms with E-state index in [0.29, 0.717) is 22.7 Å². The van der Waals surface area contributed by atoms with Crippen molar-refractivity contribution in [3.05, 3.63) is 68.3 Å². The molecular formula is C21H16Cl2N2O4S. The van der Waals surface area contributed by atoms with Gasteiger partial charge < -0.3 is 0 Å². The fourth-order valence-electron chi connectivity index (χ4n) is 3.71. The SMILES string of the molecule is O=C(CN(C(=O)c1ccc(Cl)cc1Cl)N1C(=O)[C@H]2CC=CC[C@H]2C1=O)c1cccs1. The van der Waals surface area contributed by atoms with Crippen LogP contribution in [0.4, 0.5) is 0 Å². The molecule has 4 rings (SSSR count). The monoisotopic (exact) mass is 462 g/mol. The molecule has 0 saturated carbocycles. The van der Waals surface area contributed by atoms with Gasteiger partial charge in [-0.1, -0.05) is 41.4 Å². The number of fused-ring (bicyclic) bond motifs is 1. The van der Waals surface area contributed by atoms with E-state index in [2.05, 4.69) is 0 Å². The van der Waals surface area contributed by atoms with Gasteiger partial charge in [-0.2, -0.15) is 5.01 Å². The van der Waals surface area contributed by atoms with Gasteiger partial charge in [0.1, 0.15) is 6.54 Å². The van der Waals surface area contributed by atoms with Gasteiger partial charge in [-0.05, 0) is 42.5 Å². The molecule has 6 nitrogen and oxygen atoms in total. The van der Waals surface area contributed by atoms with Crippen LogP contribution in [0.2, 0.25) is 10.0 Å². The van der Waals surface area contributed by atoms with Crippen molar-refractivity contribution in [1.82, 2.24) is 10.0 Å². The summed E-state index contributed by atoms with van der Waals surface area (Å²) in [6.45, 7) is -0.456. The fraction of sp³-hybridized carbons (Fsp3) is 0.238. The van der Waals surface area contributed by atoms with E-state index < -0.39 is 36.1 Å². The highest BCUT2D eigenvalue weighted by atomic mass is 35.5. The fourth-order valence-corrected chi connectivity index (χ4v) is 4.85. The largest absolute Gasteiger partial charge is 0.291 e. The highest BCUT2D eigenvalue weighted by Gasteiger charge is 2.51. The van der Waals surface area contributed by atoms with Crippen molar-refractivity contribution in [3.8, 4) is 0 Å². The number of benzene rings is 1. The predicted octanol–water partition coefficient (Wildman–Crippen LogP) is 4.25. The quantitative estimate of drug-likeness (QED) is 0.378. The van der Waals surface area contributed by atoms with Crippen molar-refractivity contribution >= 4 is 58.0 Å². The number of carbonyl (C=O) groups is 4. The maximum atomic E-state index is 13.4. The van der Waals surface area contributed by atoms with Gasteiger partial charge in [0.15, 0.2) is 5.78 Å². The molecule has 2 atom stereocenters. The smallest absolute Gasteiger partial charge is 0.274 e. The second kappa shape index (κ2) is 8.34. The van der Waals surface area contributed by atoms with E-state index in [-0.39, 0.29) is 16.4 Å². The highest BCUT2D eigenvalue weighted by Crippen LogP contribution is 2.36. The van der Waals surface area contributed by atoms with E-state index in [4.69, 9.17) is 23.2 Å². The zero-order valence-corrected chi connectivity index (χ0v) is 17.9. The summed E-state index contributed by atoms with van der Waals surface area (Å²) in [5.74, 6) is -3.11. The molecule has 1 aliphatic heterocycles. The Morgan fingerprint density at radius 3 is 2.30 bits per heavy atom. The molecule has 1 saturated heterocycles. The Hall–Kier alpha value is -2.48. The van der Waals surface area contributed by atoms with E-state index in [0.717, 1.165) is 10.0 Å². The summed E-state index contributed by atoms with van der Waals surface area (Å²) in [5.41, 5.74) is 0.0497. The highest BCUT2D eigenvalue weighted by molar-refractivity contribution is 7.12. The van der Waals surface area contributed by atoms with E-state index in [1.54, 1.807) is 17.5 Å². The number of Topliss-reactive ketones (excluding diaryl/α,β-unsaturated/α-hetero) is 1. The molecule has 154 valence electrons. The van der Waals surface area contributed by atoms with Gasteiger partial charge in [-0.25, -0.2) is 5.01 Å². The number of nitrogens with zero attached hydrogens (tertiary/aromatic N) is 2.